The minimum atomic E-state index is -3.79. The Morgan fingerprint density at radius 3 is 2.47 bits per heavy atom. The summed E-state index contributed by atoms with van der Waals surface area (Å²) in [5.41, 5.74) is -1.62. The lowest BCUT2D eigenvalue weighted by molar-refractivity contribution is 0.233. The number of hydrogen-bond acceptors (Lipinski definition) is 6. The molecule has 0 unspecified atom stereocenters. The molecule has 10 heteroatoms. The van der Waals surface area contributed by atoms with Gasteiger partial charge in [-0.15, -0.1) is 0 Å². The van der Waals surface area contributed by atoms with Crippen LogP contribution in [0, 0.1) is 0 Å². The van der Waals surface area contributed by atoms with Gasteiger partial charge in [0, 0.05) is 26.5 Å². The second-order valence-corrected chi connectivity index (χ2v) is 4.71. The zero-order valence-electron chi connectivity index (χ0n) is 9.00. The molecule has 1 amide bonds. The van der Waals surface area contributed by atoms with Crippen molar-refractivity contribution < 1.29 is 18.4 Å². The number of carbonyl (C=O) groups is 1. The standard InChI is InChI=1S/C7H10N3O6P/c1-15-17(14,16-2)9-7(13)10-4-3-5(11)8-6(10)12/h3-4H,1-2H3,(H,8,11,12)(H,9,13,14). The Morgan fingerprint density at radius 1 is 1.41 bits per heavy atom. The SMILES string of the molecule is COP(=O)(NC(=O)n1ccc(=O)[nH]c1=O)OC. The molecule has 2 N–H and O–H groups in total. The maximum atomic E-state index is 11.5. The molecule has 0 spiro atoms. The van der Waals surface area contributed by atoms with Gasteiger partial charge >= 0.3 is 19.5 Å². The minimum absolute atomic E-state index is 0.520. The van der Waals surface area contributed by atoms with Gasteiger partial charge in [0.2, 0.25) is 0 Å². The second-order valence-electron chi connectivity index (χ2n) is 2.76. The van der Waals surface area contributed by atoms with Crippen LogP contribution in [0.4, 0.5) is 4.79 Å². The molecule has 1 rings (SSSR count). The number of nitrogens with one attached hydrogen (secondary N) is 2. The quantitative estimate of drug-likeness (QED) is 0.709. The Kier molecular flexibility index (Phi) is 4.00. The lowest BCUT2D eigenvalue weighted by Gasteiger charge is -2.14. The van der Waals surface area contributed by atoms with Crippen LogP contribution in [-0.4, -0.2) is 29.8 Å². The van der Waals surface area contributed by atoms with Crippen molar-refractivity contribution in [3.63, 3.8) is 0 Å². The zero-order chi connectivity index (χ0) is 13.1. The summed E-state index contributed by atoms with van der Waals surface area (Å²) in [6.45, 7) is 0. The van der Waals surface area contributed by atoms with Gasteiger partial charge in [0.25, 0.3) is 5.56 Å². The first-order valence-electron chi connectivity index (χ1n) is 4.28. The summed E-state index contributed by atoms with van der Waals surface area (Å²) in [5.74, 6) is 0. The first-order chi connectivity index (χ1) is 7.91. The molecule has 0 aliphatic heterocycles. The highest BCUT2D eigenvalue weighted by Gasteiger charge is 2.25. The van der Waals surface area contributed by atoms with Crippen molar-refractivity contribution in [2.75, 3.05) is 14.2 Å². The van der Waals surface area contributed by atoms with Gasteiger partial charge in [0.05, 0.1) is 0 Å². The van der Waals surface area contributed by atoms with Crippen LogP contribution in [-0.2, 0) is 13.6 Å². The molecule has 1 aromatic rings. The molecule has 0 aliphatic carbocycles. The van der Waals surface area contributed by atoms with E-state index in [0.29, 0.717) is 4.57 Å². The predicted molar refractivity (Wildman–Crippen MR) is 56.9 cm³/mol. The van der Waals surface area contributed by atoms with E-state index in [4.69, 9.17) is 0 Å². The number of amides is 1. The first-order valence-corrected chi connectivity index (χ1v) is 5.82. The van der Waals surface area contributed by atoms with Gasteiger partial charge in [-0.1, -0.05) is 0 Å². The third kappa shape index (κ3) is 3.13. The number of rotatable bonds is 3. The Labute approximate surface area is 95.0 Å². The normalized spacial score (nSPS) is 11.2. The minimum Gasteiger partial charge on any atom is -0.296 e. The van der Waals surface area contributed by atoms with Crippen molar-refractivity contribution in [2.45, 2.75) is 0 Å². The van der Waals surface area contributed by atoms with E-state index in [1.165, 1.54) is 0 Å². The van der Waals surface area contributed by atoms with Crippen LogP contribution in [0.25, 0.3) is 0 Å². The number of aromatic nitrogens is 2. The highest BCUT2D eigenvalue weighted by Crippen LogP contribution is 2.41. The lowest BCUT2D eigenvalue weighted by Crippen LogP contribution is -2.38. The molecule has 0 fully saturated rings. The van der Waals surface area contributed by atoms with Crippen molar-refractivity contribution in [3.8, 4) is 0 Å². The molecular formula is C7H10N3O6P. The summed E-state index contributed by atoms with van der Waals surface area (Å²) in [5, 5.41) is 1.88. The summed E-state index contributed by atoms with van der Waals surface area (Å²) in [6, 6.07) is -0.0795. The van der Waals surface area contributed by atoms with Crippen molar-refractivity contribution >= 4 is 13.8 Å². The monoisotopic (exact) mass is 263 g/mol. The van der Waals surface area contributed by atoms with Gasteiger partial charge in [-0.25, -0.2) is 23.8 Å². The van der Waals surface area contributed by atoms with E-state index < -0.39 is 25.0 Å². The van der Waals surface area contributed by atoms with Crippen LogP contribution in [0.15, 0.2) is 21.9 Å². The number of hydrogen-bond donors (Lipinski definition) is 2. The predicted octanol–water partition coefficient (Wildman–Crippen LogP) is -0.505. The lowest BCUT2D eigenvalue weighted by atomic mass is 10.6. The Bertz CT molecular complexity index is 567. The molecule has 0 aromatic carbocycles. The largest absolute Gasteiger partial charge is 0.435 e. The molecule has 0 bridgehead atoms. The average molecular weight is 263 g/mol. The number of H-pyrrole nitrogens is 1. The molecule has 1 heterocycles. The van der Waals surface area contributed by atoms with Gasteiger partial charge in [-0.3, -0.25) is 18.8 Å². The number of carbonyl (C=O) groups excluding carboxylic acids is 1. The highest BCUT2D eigenvalue weighted by atomic mass is 31.2. The molecule has 94 valence electrons. The first kappa shape index (κ1) is 13.4. The summed E-state index contributed by atoms with van der Waals surface area (Å²) in [6.07, 6.45) is 0.937. The fourth-order valence-corrected chi connectivity index (χ4v) is 1.59. The third-order valence-corrected chi connectivity index (χ3v) is 3.18. The van der Waals surface area contributed by atoms with Crippen LogP contribution in [0.1, 0.15) is 0 Å². The van der Waals surface area contributed by atoms with Crippen LogP contribution in [0.5, 0.6) is 0 Å². The van der Waals surface area contributed by atoms with Gasteiger partial charge in [0.15, 0.2) is 0 Å². The molecule has 0 saturated carbocycles. The molecule has 1 aromatic heterocycles. The summed E-state index contributed by atoms with van der Waals surface area (Å²) >= 11 is 0. The molecule has 17 heavy (non-hydrogen) atoms. The smallest absolute Gasteiger partial charge is 0.296 e. The molecule has 0 atom stereocenters. The molecule has 9 nitrogen and oxygen atoms in total. The van der Waals surface area contributed by atoms with E-state index in [2.05, 4.69) is 9.05 Å². The Morgan fingerprint density at radius 2 is 2.00 bits per heavy atom. The van der Waals surface area contributed by atoms with Crippen LogP contribution in [0.2, 0.25) is 0 Å². The van der Waals surface area contributed by atoms with E-state index >= 15 is 0 Å². The van der Waals surface area contributed by atoms with E-state index in [9.17, 15) is 18.9 Å². The topological polar surface area (TPSA) is 119 Å². The van der Waals surface area contributed by atoms with E-state index in [-0.39, 0.29) is 0 Å². The van der Waals surface area contributed by atoms with Crippen molar-refractivity contribution in [2.24, 2.45) is 0 Å². The Hall–Kier alpha value is -1.70. The van der Waals surface area contributed by atoms with Crippen molar-refractivity contribution in [1.29, 1.82) is 0 Å². The second kappa shape index (κ2) is 5.09. The van der Waals surface area contributed by atoms with Crippen LogP contribution >= 0.6 is 7.75 Å². The van der Waals surface area contributed by atoms with Gasteiger partial charge in [0.1, 0.15) is 0 Å². The number of nitrogens with zero attached hydrogens (tertiary/aromatic N) is 1. The van der Waals surface area contributed by atoms with Gasteiger partial charge in [-0.2, -0.15) is 0 Å². The van der Waals surface area contributed by atoms with Crippen LogP contribution in [0.3, 0.4) is 0 Å². The summed E-state index contributed by atoms with van der Waals surface area (Å²) < 4.78 is 21.0. The number of aromatic amines is 1. The van der Waals surface area contributed by atoms with Gasteiger partial charge in [-0.05, 0) is 0 Å². The molecular weight excluding hydrogens is 253 g/mol. The molecule has 0 radical (unpaired) electrons. The van der Waals surface area contributed by atoms with E-state index in [0.717, 1.165) is 26.5 Å². The fourth-order valence-electron chi connectivity index (χ4n) is 0.914. The maximum Gasteiger partial charge on any atom is 0.435 e. The van der Waals surface area contributed by atoms with Crippen molar-refractivity contribution in [1.82, 2.24) is 14.6 Å². The van der Waals surface area contributed by atoms with E-state index in [1.54, 1.807) is 0 Å². The Balaban J connectivity index is 3.03. The third-order valence-electron chi connectivity index (χ3n) is 1.76. The summed E-state index contributed by atoms with van der Waals surface area (Å²) in [4.78, 5) is 35.3. The van der Waals surface area contributed by atoms with E-state index in [1.807, 2.05) is 10.1 Å². The molecule has 0 aliphatic rings. The van der Waals surface area contributed by atoms with Crippen LogP contribution < -0.4 is 16.3 Å². The maximum absolute atomic E-state index is 11.5. The average Bonchev–Trinajstić information content (AvgIpc) is 2.28. The zero-order valence-corrected chi connectivity index (χ0v) is 9.89. The summed E-state index contributed by atoms with van der Waals surface area (Å²) in [7, 11) is -1.65. The van der Waals surface area contributed by atoms with Gasteiger partial charge < -0.3 is 0 Å². The van der Waals surface area contributed by atoms with Crippen molar-refractivity contribution in [3.05, 3.63) is 33.1 Å². The molecule has 0 saturated heterocycles. The fraction of sp³-hybridized carbons (Fsp3) is 0.286. The highest BCUT2D eigenvalue weighted by molar-refractivity contribution is 7.52.